The molecule has 1 amide bonds. The number of hydrogen-bond donors (Lipinski definition) is 2. The summed E-state index contributed by atoms with van der Waals surface area (Å²) in [5, 5.41) is 10.8. The quantitative estimate of drug-likeness (QED) is 0.830. The van der Waals surface area contributed by atoms with E-state index in [1.54, 1.807) is 0 Å². The van der Waals surface area contributed by atoms with Crippen LogP contribution in [0, 0.1) is 23.5 Å². The summed E-state index contributed by atoms with van der Waals surface area (Å²) in [4.78, 5) is 15.4. The molecule has 2 aromatic rings. The van der Waals surface area contributed by atoms with Crippen molar-refractivity contribution in [1.29, 1.82) is 0 Å². The van der Waals surface area contributed by atoms with Gasteiger partial charge in [0.15, 0.2) is 5.82 Å². The number of nitrogens with zero attached hydrogens (tertiary/aromatic N) is 1. The van der Waals surface area contributed by atoms with Gasteiger partial charge < -0.3 is 10.4 Å². The normalized spacial score (nSPS) is 9.67. The Morgan fingerprint density at radius 3 is 2.76 bits per heavy atom. The summed E-state index contributed by atoms with van der Waals surface area (Å²) in [6.07, 6.45) is 2.17. The zero-order chi connectivity index (χ0) is 15.2. The van der Waals surface area contributed by atoms with Gasteiger partial charge in [-0.3, -0.25) is 9.78 Å². The van der Waals surface area contributed by atoms with Crippen LogP contribution in [0.1, 0.15) is 15.9 Å². The molecular weight excluding hydrogens is 278 g/mol. The summed E-state index contributed by atoms with van der Waals surface area (Å²) in [6.45, 7) is -0.332. The van der Waals surface area contributed by atoms with E-state index in [1.807, 2.05) is 0 Å². The molecule has 1 aromatic heterocycles. The fraction of sp³-hybridized carbons (Fsp3) is 0.0667. The Kier molecular flexibility index (Phi) is 4.59. The van der Waals surface area contributed by atoms with E-state index in [4.69, 9.17) is 5.11 Å². The molecule has 1 aromatic carbocycles. The van der Waals surface area contributed by atoms with Crippen LogP contribution in [-0.2, 0) is 0 Å². The number of aromatic nitrogens is 1. The second-order valence-corrected chi connectivity index (χ2v) is 3.96. The Morgan fingerprint density at radius 1 is 1.29 bits per heavy atom. The lowest BCUT2D eigenvalue weighted by atomic mass is 10.2. The number of aliphatic hydroxyl groups excluding tert-OH is 1. The number of nitrogens with one attached hydrogen (secondary N) is 1. The van der Waals surface area contributed by atoms with Crippen molar-refractivity contribution in [2.24, 2.45) is 0 Å². The summed E-state index contributed by atoms with van der Waals surface area (Å²) in [5.74, 6) is 2.64. The number of anilines is 1. The Balaban J connectivity index is 2.20. The number of aliphatic hydroxyl groups is 1. The van der Waals surface area contributed by atoms with Gasteiger partial charge in [-0.25, -0.2) is 8.78 Å². The van der Waals surface area contributed by atoms with E-state index in [0.717, 1.165) is 12.3 Å². The van der Waals surface area contributed by atoms with Crippen LogP contribution in [0.3, 0.4) is 0 Å². The maximum absolute atomic E-state index is 13.8. The molecule has 0 saturated carbocycles. The average Bonchev–Trinajstić information content (AvgIpc) is 2.48. The molecule has 0 spiro atoms. The number of halogens is 2. The van der Waals surface area contributed by atoms with Crippen molar-refractivity contribution >= 4 is 11.6 Å². The number of carbonyl (C=O) groups is 1. The smallest absolute Gasteiger partial charge is 0.258 e. The Morgan fingerprint density at radius 2 is 2.10 bits per heavy atom. The zero-order valence-corrected chi connectivity index (χ0v) is 10.7. The minimum atomic E-state index is -0.791. The number of hydrogen-bond acceptors (Lipinski definition) is 3. The summed E-state index contributed by atoms with van der Waals surface area (Å²) >= 11 is 0. The SMILES string of the molecule is O=C(Nc1ccc(C#CCO)cc1F)c1ccncc1F. The highest BCUT2D eigenvalue weighted by molar-refractivity contribution is 6.04. The molecule has 0 unspecified atom stereocenters. The molecule has 21 heavy (non-hydrogen) atoms. The topological polar surface area (TPSA) is 62.2 Å². The molecule has 4 nitrogen and oxygen atoms in total. The fourth-order valence-corrected chi connectivity index (χ4v) is 1.58. The predicted octanol–water partition coefficient (Wildman–Crippen LogP) is 1.96. The van der Waals surface area contributed by atoms with E-state index in [9.17, 15) is 13.6 Å². The van der Waals surface area contributed by atoms with Crippen molar-refractivity contribution in [2.45, 2.75) is 0 Å². The van der Waals surface area contributed by atoms with Crippen molar-refractivity contribution in [1.82, 2.24) is 4.98 Å². The standard InChI is InChI=1S/C15H10F2N2O2/c16-12-8-10(2-1-7-20)3-4-14(12)19-15(21)11-5-6-18-9-13(11)17/h3-6,8-9,20H,7H2,(H,19,21). The van der Waals surface area contributed by atoms with Crippen LogP contribution in [-0.4, -0.2) is 22.6 Å². The third-order valence-electron chi connectivity index (χ3n) is 2.55. The van der Waals surface area contributed by atoms with Crippen LogP contribution in [0.5, 0.6) is 0 Å². The van der Waals surface area contributed by atoms with Gasteiger partial charge in [-0.1, -0.05) is 11.8 Å². The second-order valence-electron chi connectivity index (χ2n) is 3.96. The van der Waals surface area contributed by atoms with Crippen molar-refractivity contribution in [2.75, 3.05) is 11.9 Å². The first-order valence-electron chi connectivity index (χ1n) is 5.92. The van der Waals surface area contributed by atoms with Crippen LogP contribution in [0.2, 0.25) is 0 Å². The molecule has 1 heterocycles. The summed E-state index contributed by atoms with van der Waals surface area (Å²) in [6, 6.07) is 5.10. The van der Waals surface area contributed by atoms with Crippen LogP contribution < -0.4 is 5.32 Å². The molecule has 0 aliphatic carbocycles. The van der Waals surface area contributed by atoms with Gasteiger partial charge in [0.2, 0.25) is 0 Å². The monoisotopic (exact) mass is 288 g/mol. The van der Waals surface area contributed by atoms with Gasteiger partial charge in [0.1, 0.15) is 12.4 Å². The molecule has 6 heteroatoms. The highest BCUT2D eigenvalue weighted by Crippen LogP contribution is 2.17. The minimum Gasteiger partial charge on any atom is -0.384 e. The third kappa shape index (κ3) is 3.61. The second kappa shape index (κ2) is 6.59. The van der Waals surface area contributed by atoms with Crippen molar-refractivity contribution in [3.63, 3.8) is 0 Å². The molecular formula is C15H10F2N2O2. The predicted molar refractivity (Wildman–Crippen MR) is 72.5 cm³/mol. The minimum absolute atomic E-state index is 0.0919. The van der Waals surface area contributed by atoms with Gasteiger partial charge in [-0.2, -0.15) is 0 Å². The molecule has 0 aliphatic rings. The van der Waals surface area contributed by atoms with Crippen molar-refractivity contribution in [3.8, 4) is 11.8 Å². The van der Waals surface area contributed by atoms with E-state index in [2.05, 4.69) is 22.1 Å². The lowest BCUT2D eigenvalue weighted by Gasteiger charge is -2.07. The first kappa shape index (κ1) is 14.6. The molecule has 0 aliphatic heterocycles. The molecule has 0 fully saturated rings. The third-order valence-corrected chi connectivity index (χ3v) is 2.55. The van der Waals surface area contributed by atoms with Crippen LogP contribution >= 0.6 is 0 Å². The van der Waals surface area contributed by atoms with E-state index in [0.29, 0.717) is 5.56 Å². The average molecular weight is 288 g/mol. The van der Waals surface area contributed by atoms with E-state index in [1.165, 1.54) is 24.4 Å². The van der Waals surface area contributed by atoms with Gasteiger partial charge >= 0.3 is 0 Å². The number of amides is 1. The largest absolute Gasteiger partial charge is 0.384 e. The zero-order valence-electron chi connectivity index (χ0n) is 10.7. The number of pyridine rings is 1. The van der Waals surface area contributed by atoms with Crippen LogP contribution in [0.25, 0.3) is 0 Å². The number of carbonyl (C=O) groups excluding carboxylic acids is 1. The van der Waals surface area contributed by atoms with Gasteiger partial charge in [0.25, 0.3) is 5.91 Å². The molecule has 2 rings (SSSR count). The molecule has 0 saturated heterocycles. The Labute approximate surface area is 119 Å². The maximum Gasteiger partial charge on any atom is 0.258 e. The first-order valence-corrected chi connectivity index (χ1v) is 5.92. The number of benzene rings is 1. The van der Waals surface area contributed by atoms with E-state index < -0.39 is 17.5 Å². The van der Waals surface area contributed by atoms with Crippen molar-refractivity contribution in [3.05, 3.63) is 59.4 Å². The lowest BCUT2D eigenvalue weighted by Crippen LogP contribution is -2.14. The van der Waals surface area contributed by atoms with Crippen LogP contribution in [0.4, 0.5) is 14.5 Å². The molecule has 0 bridgehead atoms. The molecule has 106 valence electrons. The van der Waals surface area contributed by atoms with E-state index >= 15 is 0 Å². The molecule has 0 atom stereocenters. The summed E-state index contributed by atoms with van der Waals surface area (Å²) in [5.41, 5.74) is 0.0361. The maximum atomic E-state index is 13.8. The lowest BCUT2D eigenvalue weighted by molar-refractivity contribution is 0.102. The molecule has 0 radical (unpaired) electrons. The highest BCUT2D eigenvalue weighted by atomic mass is 19.1. The van der Waals surface area contributed by atoms with Crippen molar-refractivity contribution < 1.29 is 18.7 Å². The van der Waals surface area contributed by atoms with Gasteiger partial charge in [-0.05, 0) is 24.3 Å². The Bertz CT molecular complexity index is 736. The van der Waals surface area contributed by atoms with Gasteiger partial charge in [-0.15, -0.1) is 0 Å². The van der Waals surface area contributed by atoms with E-state index in [-0.39, 0.29) is 17.9 Å². The fourth-order valence-electron chi connectivity index (χ4n) is 1.58. The van der Waals surface area contributed by atoms with Crippen LogP contribution in [0.15, 0.2) is 36.7 Å². The first-order chi connectivity index (χ1) is 10.1. The highest BCUT2D eigenvalue weighted by Gasteiger charge is 2.13. The summed E-state index contributed by atoms with van der Waals surface area (Å²) in [7, 11) is 0. The van der Waals surface area contributed by atoms with Gasteiger partial charge in [0, 0.05) is 11.8 Å². The number of rotatable bonds is 2. The Hall–Kier alpha value is -2.78. The van der Waals surface area contributed by atoms with Gasteiger partial charge in [0.05, 0.1) is 17.4 Å². The molecule has 2 N–H and O–H groups in total. The summed E-state index contributed by atoms with van der Waals surface area (Å²) < 4.78 is 27.2.